The summed E-state index contributed by atoms with van der Waals surface area (Å²) in [6.07, 6.45) is -1.08. The van der Waals surface area contributed by atoms with Crippen molar-refractivity contribution in [3.63, 3.8) is 0 Å². The van der Waals surface area contributed by atoms with Gasteiger partial charge in [-0.25, -0.2) is 14.4 Å². The smallest absolute Gasteiger partial charge is 0.414 e. The number of urea groups is 1. The Labute approximate surface area is 127 Å². The van der Waals surface area contributed by atoms with Gasteiger partial charge in [0, 0.05) is 13.6 Å². The fourth-order valence-electron chi connectivity index (χ4n) is 0.982. The van der Waals surface area contributed by atoms with Gasteiger partial charge in [-0.1, -0.05) is 13.8 Å². The molecule has 0 spiro atoms. The number of nitrogens with two attached hydrogens (primary N) is 1. The molecule has 0 fully saturated rings. The van der Waals surface area contributed by atoms with Gasteiger partial charge in [0.05, 0.1) is 19.1 Å². The quantitative estimate of drug-likeness (QED) is 0.360. The molecule has 0 aromatic carbocycles. The van der Waals surface area contributed by atoms with Crippen LogP contribution in [0.5, 0.6) is 0 Å². The molecule has 10 heteroatoms. The number of carboxylic acid groups (broad SMARTS) is 2. The maximum absolute atomic E-state index is 11.2. The number of carbonyl (C=O) groups is 4. The molecule has 0 radical (unpaired) electrons. The number of carboxylic acids is 2. The van der Waals surface area contributed by atoms with Crippen molar-refractivity contribution in [3.8, 4) is 0 Å². The molecule has 5 N–H and O–H groups in total. The molecular weight excluding hydrogens is 300 g/mol. The van der Waals surface area contributed by atoms with Gasteiger partial charge in [-0.05, 0) is 5.92 Å². The first-order chi connectivity index (χ1) is 9.97. The van der Waals surface area contributed by atoms with Crippen LogP contribution in [-0.2, 0) is 19.1 Å². The Balaban J connectivity index is 0. The van der Waals surface area contributed by atoms with Crippen LogP contribution in [0.4, 0.5) is 4.79 Å². The standard InChI is InChI=1S/C10H20N2O4.C2H2O4/c1-7(2)6-16-9(14)4-8(13)5-12(3)10(11)15;3-1(4)2(5)6/h7-8,13H,4-6H2,1-3H3,(H2,11,15);(H,3,4)(H,5,6). The van der Waals surface area contributed by atoms with Crippen LogP contribution in [0.3, 0.4) is 0 Å². The van der Waals surface area contributed by atoms with Crippen LogP contribution in [0.25, 0.3) is 0 Å². The Hall–Kier alpha value is -2.36. The molecule has 0 saturated carbocycles. The Morgan fingerprint density at radius 1 is 1.14 bits per heavy atom. The number of aliphatic hydroxyl groups is 1. The highest BCUT2D eigenvalue weighted by atomic mass is 16.5. The van der Waals surface area contributed by atoms with Gasteiger partial charge in [0.25, 0.3) is 0 Å². The number of ether oxygens (including phenoxy) is 1. The third-order valence-corrected chi connectivity index (χ3v) is 2.02. The van der Waals surface area contributed by atoms with E-state index in [1.54, 1.807) is 0 Å². The minimum Gasteiger partial charge on any atom is -0.473 e. The van der Waals surface area contributed by atoms with Gasteiger partial charge in [0.15, 0.2) is 0 Å². The molecule has 0 saturated heterocycles. The number of primary amides is 1. The molecule has 0 aromatic heterocycles. The second-order valence-electron chi connectivity index (χ2n) is 4.76. The number of nitrogens with zero attached hydrogens (tertiary/aromatic N) is 1. The molecule has 0 bridgehead atoms. The number of aliphatic carboxylic acids is 2. The van der Waals surface area contributed by atoms with E-state index in [0.717, 1.165) is 4.90 Å². The van der Waals surface area contributed by atoms with Crippen molar-refractivity contribution < 1.29 is 39.2 Å². The summed E-state index contributed by atoms with van der Waals surface area (Å²) in [5.41, 5.74) is 4.97. The molecule has 1 atom stereocenters. The molecule has 0 rings (SSSR count). The fourth-order valence-corrected chi connectivity index (χ4v) is 0.982. The third kappa shape index (κ3) is 14.1. The summed E-state index contributed by atoms with van der Waals surface area (Å²) in [6.45, 7) is 4.19. The molecule has 2 amide bonds. The predicted octanol–water partition coefficient (Wildman–Crippen LogP) is -0.897. The van der Waals surface area contributed by atoms with Crippen molar-refractivity contribution >= 4 is 23.9 Å². The third-order valence-electron chi connectivity index (χ3n) is 2.02. The highest BCUT2D eigenvalue weighted by Gasteiger charge is 2.16. The molecule has 128 valence electrons. The van der Waals surface area contributed by atoms with Crippen LogP contribution >= 0.6 is 0 Å². The number of esters is 1. The average Bonchev–Trinajstić information content (AvgIpc) is 2.36. The van der Waals surface area contributed by atoms with E-state index in [1.165, 1.54) is 7.05 Å². The van der Waals surface area contributed by atoms with Crippen LogP contribution in [0.1, 0.15) is 20.3 Å². The first-order valence-electron chi connectivity index (χ1n) is 6.27. The lowest BCUT2D eigenvalue weighted by molar-refractivity contribution is -0.159. The van der Waals surface area contributed by atoms with Gasteiger partial charge >= 0.3 is 23.9 Å². The van der Waals surface area contributed by atoms with E-state index in [1.807, 2.05) is 13.8 Å². The maximum Gasteiger partial charge on any atom is 0.414 e. The van der Waals surface area contributed by atoms with Crippen LogP contribution < -0.4 is 5.73 Å². The van der Waals surface area contributed by atoms with Crippen molar-refractivity contribution in [1.29, 1.82) is 0 Å². The molecular formula is C12H22N2O8. The second-order valence-corrected chi connectivity index (χ2v) is 4.76. The molecule has 22 heavy (non-hydrogen) atoms. The van der Waals surface area contributed by atoms with Crippen LogP contribution in [0.15, 0.2) is 0 Å². The monoisotopic (exact) mass is 322 g/mol. The lowest BCUT2D eigenvalue weighted by Gasteiger charge is -2.18. The van der Waals surface area contributed by atoms with E-state index in [2.05, 4.69) is 0 Å². The first-order valence-corrected chi connectivity index (χ1v) is 6.27. The zero-order chi connectivity index (χ0) is 17.9. The van der Waals surface area contributed by atoms with E-state index < -0.39 is 30.0 Å². The topological polar surface area (TPSA) is 167 Å². The summed E-state index contributed by atoms with van der Waals surface area (Å²) in [6, 6.07) is -0.644. The average molecular weight is 322 g/mol. The fraction of sp³-hybridized carbons (Fsp3) is 0.667. The Morgan fingerprint density at radius 2 is 1.59 bits per heavy atom. The summed E-state index contributed by atoms with van der Waals surface area (Å²) in [7, 11) is 1.45. The van der Waals surface area contributed by atoms with Crippen LogP contribution in [-0.4, -0.2) is 70.5 Å². The lowest BCUT2D eigenvalue weighted by atomic mass is 10.2. The Bertz CT molecular complexity index is 385. The van der Waals surface area contributed by atoms with Gasteiger partial charge in [0.1, 0.15) is 0 Å². The summed E-state index contributed by atoms with van der Waals surface area (Å²) >= 11 is 0. The summed E-state index contributed by atoms with van der Waals surface area (Å²) < 4.78 is 4.88. The van der Waals surface area contributed by atoms with Crippen LogP contribution in [0.2, 0.25) is 0 Å². The molecule has 0 aromatic rings. The normalized spacial score (nSPS) is 11.0. The van der Waals surface area contributed by atoms with Gasteiger partial charge in [-0.15, -0.1) is 0 Å². The van der Waals surface area contributed by atoms with Gasteiger partial charge in [-0.3, -0.25) is 4.79 Å². The number of aliphatic hydroxyl groups excluding tert-OH is 1. The van der Waals surface area contributed by atoms with E-state index in [-0.39, 0.29) is 18.9 Å². The van der Waals surface area contributed by atoms with Gasteiger partial charge < -0.3 is 30.7 Å². The zero-order valence-electron chi connectivity index (χ0n) is 12.7. The van der Waals surface area contributed by atoms with Crippen LogP contribution in [0, 0.1) is 5.92 Å². The molecule has 1 unspecified atom stereocenters. The molecule has 0 aliphatic heterocycles. The first kappa shape index (κ1) is 21.9. The van der Waals surface area contributed by atoms with Crippen molar-refractivity contribution in [3.05, 3.63) is 0 Å². The largest absolute Gasteiger partial charge is 0.473 e. The number of hydrogen-bond donors (Lipinski definition) is 4. The second kappa shape index (κ2) is 11.3. The summed E-state index contributed by atoms with van der Waals surface area (Å²) in [4.78, 5) is 41.2. The minimum absolute atomic E-state index is 0.0200. The van der Waals surface area contributed by atoms with E-state index in [0.29, 0.717) is 6.61 Å². The van der Waals surface area contributed by atoms with Crippen molar-refractivity contribution in [2.45, 2.75) is 26.4 Å². The van der Waals surface area contributed by atoms with Crippen molar-refractivity contribution in [1.82, 2.24) is 4.90 Å². The Morgan fingerprint density at radius 3 is 1.91 bits per heavy atom. The van der Waals surface area contributed by atoms with E-state index >= 15 is 0 Å². The number of rotatable bonds is 6. The highest BCUT2D eigenvalue weighted by molar-refractivity contribution is 6.27. The SMILES string of the molecule is CC(C)COC(=O)CC(O)CN(C)C(N)=O.O=C(O)C(=O)O. The number of likely N-dealkylation sites (N-methyl/N-ethyl adjacent to an activating group) is 1. The highest BCUT2D eigenvalue weighted by Crippen LogP contribution is 2.00. The molecule has 0 aliphatic rings. The minimum atomic E-state index is -1.82. The summed E-state index contributed by atoms with van der Waals surface area (Å²) in [5.74, 6) is -3.86. The van der Waals surface area contributed by atoms with Crippen molar-refractivity contribution in [2.75, 3.05) is 20.2 Å². The molecule has 0 aliphatic carbocycles. The van der Waals surface area contributed by atoms with E-state index in [4.69, 9.17) is 30.3 Å². The number of hydrogen-bond acceptors (Lipinski definition) is 6. The van der Waals surface area contributed by atoms with E-state index in [9.17, 15) is 14.7 Å². The zero-order valence-corrected chi connectivity index (χ0v) is 12.7. The maximum atomic E-state index is 11.2. The van der Waals surface area contributed by atoms with Gasteiger partial charge in [-0.2, -0.15) is 0 Å². The summed E-state index contributed by atoms with van der Waals surface area (Å²) in [5, 5.41) is 24.2. The van der Waals surface area contributed by atoms with Gasteiger partial charge in [0.2, 0.25) is 0 Å². The lowest BCUT2D eigenvalue weighted by Crippen LogP contribution is -2.38. The molecule has 0 heterocycles. The number of carbonyl (C=O) groups excluding carboxylic acids is 2. The number of amides is 2. The Kier molecular flexibility index (Phi) is 11.3. The predicted molar refractivity (Wildman–Crippen MR) is 73.9 cm³/mol. The molecule has 10 nitrogen and oxygen atoms in total. The van der Waals surface area contributed by atoms with Crippen molar-refractivity contribution in [2.24, 2.45) is 11.7 Å².